The van der Waals surface area contributed by atoms with E-state index in [0.717, 1.165) is 63.0 Å². The summed E-state index contributed by atoms with van der Waals surface area (Å²) in [4.78, 5) is 4.72. The molecule has 1 aromatic heterocycles. The minimum atomic E-state index is -0.602. The average Bonchev–Trinajstić information content (AvgIpc) is 3.28. The fourth-order valence-corrected chi connectivity index (χ4v) is 5.65. The maximum absolute atomic E-state index is 14.3. The highest BCUT2D eigenvalue weighted by Crippen LogP contribution is 2.29. The molecule has 0 aliphatic heterocycles. The number of nitrogens with zero attached hydrogens (tertiary/aromatic N) is 1. The number of aromatic nitrogens is 1. The Morgan fingerprint density at radius 3 is 1.85 bits per heavy atom. The van der Waals surface area contributed by atoms with E-state index >= 15 is 0 Å². The van der Waals surface area contributed by atoms with E-state index in [9.17, 15) is 17.6 Å². The van der Waals surface area contributed by atoms with Gasteiger partial charge in [-0.2, -0.15) is 0 Å². The van der Waals surface area contributed by atoms with E-state index < -0.39 is 23.3 Å². The zero-order valence-corrected chi connectivity index (χ0v) is 25.1. The van der Waals surface area contributed by atoms with Crippen molar-refractivity contribution >= 4 is 35.2 Å². The predicted molar refractivity (Wildman–Crippen MR) is 184 cm³/mol. The van der Waals surface area contributed by atoms with Gasteiger partial charge in [0.2, 0.25) is 0 Å². The van der Waals surface area contributed by atoms with Crippen molar-refractivity contribution < 1.29 is 17.6 Å². The first kappa shape index (κ1) is 29.9. The van der Waals surface area contributed by atoms with Crippen LogP contribution in [-0.4, -0.2) is 4.98 Å². The standard InChI is InChI=1S/C42H27F4N/c43-35-16-20-38(40(45)25-35)32-13-12-30-10-7-29(8-11-31(30)23-32)6-3-27-1-4-28(5-2-27)9-18-37-19-14-34-24-33(15-22-42(34)47-37)39-21-17-36(44)26-41(39)46/h1-9,11-26H,10H2/b6-3+,18-9+. The van der Waals surface area contributed by atoms with Gasteiger partial charge >= 0.3 is 0 Å². The van der Waals surface area contributed by atoms with Crippen LogP contribution in [0.3, 0.4) is 0 Å². The number of halogens is 4. The molecule has 6 aromatic rings. The SMILES string of the molecule is Fc1ccc(-c2ccc3c(c2)C=CC(/C=C/c2ccc(/C=C/c4ccc5cc(-c6ccc(F)cc6F)ccc5n4)cc2)=CC3)c(F)c1. The second-order valence-electron chi connectivity index (χ2n) is 11.4. The predicted octanol–water partition coefficient (Wildman–Crippen LogP) is 11.5. The van der Waals surface area contributed by atoms with E-state index in [4.69, 9.17) is 4.98 Å². The average molecular weight is 622 g/mol. The minimum Gasteiger partial charge on any atom is -0.248 e. The molecule has 0 saturated carbocycles. The summed E-state index contributed by atoms with van der Waals surface area (Å²) in [7, 11) is 0. The van der Waals surface area contributed by atoms with Crippen LogP contribution in [0, 0.1) is 23.3 Å². The van der Waals surface area contributed by atoms with Crippen molar-refractivity contribution in [2.45, 2.75) is 6.42 Å². The molecule has 0 amide bonds. The van der Waals surface area contributed by atoms with Crippen LogP contribution < -0.4 is 0 Å². The van der Waals surface area contributed by atoms with Gasteiger partial charge < -0.3 is 0 Å². The van der Waals surface area contributed by atoms with Crippen LogP contribution in [0.4, 0.5) is 17.6 Å². The van der Waals surface area contributed by atoms with Crippen molar-refractivity contribution in [3.05, 3.63) is 184 Å². The summed E-state index contributed by atoms with van der Waals surface area (Å²) in [6, 6.07) is 30.6. The molecule has 0 fully saturated rings. The lowest BCUT2D eigenvalue weighted by molar-refractivity contribution is 0.585. The van der Waals surface area contributed by atoms with Gasteiger partial charge in [-0.3, -0.25) is 0 Å². The Labute approximate surface area is 270 Å². The van der Waals surface area contributed by atoms with E-state index in [1.54, 1.807) is 6.07 Å². The highest BCUT2D eigenvalue weighted by Gasteiger charge is 2.11. The van der Waals surface area contributed by atoms with Gasteiger partial charge in [-0.1, -0.05) is 85.0 Å². The molecule has 1 aliphatic carbocycles. The lowest BCUT2D eigenvalue weighted by atomic mass is 9.97. The Hall–Kier alpha value is -5.81. The molecule has 0 spiro atoms. The van der Waals surface area contributed by atoms with Gasteiger partial charge in [0.25, 0.3) is 0 Å². The molecule has 0 saturated heterocycles. The molecular weight excluding hydrogens is 594 g/mol. The fraction of sp³-hybridized carbons (Fsp3) is 0.0238. The van der Waals surface area contributed by atoms with Gasteiger partial charge in [-0.15, -0.1) is 0 Å². The van der Waals surface area contributed by atoms with Crippen LogP contribution in [0.1, 0.15) is 27.9 Å². The van der Waals surface area contributed by atoms with Crippen molar-refractivity contribution in [1.82, 2.24) is 4.98 Å². The Bertz CT molecular complexity index is 2260. The molecule has 7 rings (SSSR count). The van der Waals surface area contributed by atoms with E-state index in [2.05, 4.69) is 30.4 Å². The maximum atomic E-state index is 14.3. The third-order valence-electron chi connectivity index (χ3n) is 8.21. The molecule has 0 unspecified atom stereocenters. The minimum absolute atomic E-state index is 0.348. The molecule has 0 N–H and O–H groups in total. The number of fused-ring (bicyclic) bond motifs is 2. The number of allylic oxidation sites excluding steroid dienone is 4. The van der Waals surface area contributed by atoms with Gasteiger partial charge in [-0.25, -0.2) is 22.5 Å². The number of rotatable bonds is 6. The van der Waals surface area contributed by atoms with Gasteiger partial charge in [0, 0.05) is 28.6 Å². The van der Waals surface area contributed by atoms with Crippen molar-refractivity contribution in [2.24, 2.45) is 0 Å². The second-order valence-corrected chi connectivity index (χ2v) is 11.4. The summed E-state index contributed by atoms with van der Waals surface area (Å²) < 4.78 is 55.3. The van der Waals surface area contributed by atoms with Gasteiger partial charge in [0.15, 0.2) is 0 Å². The summed E-state index contributed by atoms with van der Waals surface area (Å²) in [6.07, 6.45) is 15.1. The third kappa shape index (κ3) is 6.75. The van der Waals surface area contributed by atoms with Crippen LogP contribution in [0.25, 0.3) is 57.5 Å². The lowest BCUT2D eigenvalue weighted by Crippen LogP contribution is -1.90. The van der Waals surface area contributed by atoms with Gasteiger partial charge in [-0.05, 0) is 100.0 Å². The molecule has 0 atom stereocenters. The van der Waals surface area contributed by atoms with Gasteiger partial charge in [0.05, 0.1) is 11.2 Å². The first-order chi connectivity index (χ1) is 22.9. The van der Waals surface area contributed by atoms with E-state index in [1.807, 2.05) is 78.9 Å². The Morgan fingerprint density at radius 2 is 1.17 bits per heavy atom. The number of hydrogen-bond donors (Lipinski definition) is 0. The fourth-order valence-electron chi connectivity index (χ4n) is 5.65. The van der Waals surface area contributed by atoms with Crippen molar-refractivity contribution in [2.75, 3.05) is 0 Å². The molecular formula is C42H27F4N. The second kappa shape index (κ2) is 12.9. The van der Waals surface area contributed by atoms with Crippen LogP contribution in [0.2, 0.25) is 0 Å². The molecule has 1 aliphatic rings. The number of hydrogen-bond acceptors (Lipinski definition) is 1. The molecule has 1 heterocycles. The first-order valence-electron chi connectivity index (χ1n) is 15.2. The number of pyridine rings is 1. The molecule has 5 heteroatoms. The quantitative estimate of drug-likeness (QED) is 0.169. The Balaban J connectivity index is 1.01. The van der Waals surface area contributed by atoms with Crippen molar-refractivity contribution in [3.8, 4) is 22.3 Å². The smallest absolute Gasteiger partial charge is 0.133 e. The van der Waals surface area contributed by atoms with E-state index in [-0.39, 0.29) is 0 Å². The maximum Gasteiger partial charge on any atom is 0.133 e. The van der Waals surface area contributed by atoms with E-state index in [1.165, 1.54) is 24.3 Å². The van der Waals surface area contributed by atoms with Crippen LogP contribution in [-0.2, 0) is 6.42 Å². The number of benzene rings is 5. The van der Waals surface area contributed by atoms with Crippen LogP contribution in [0.5, 0.6) is 0 Å². The summed E-state index contributed by atoms with van der Waals surface area (Å²) >= 11 is 0. The highest BCUT2D eigenvalue weighted by atomic mass is 19.1. The lowest BCUT2D eigenvalue weighted by Gasteiger charge is -2.08. The highest BCUT2D eigenvalue weighted by molar-refractivity contribution is 5.86. The third-order valence-corrected chi connectivity index (χ3v) is 8.21. The molecule has 0 radical (unpaired) electrons. The topological polar surface area (TPSA) is 12.9 Å². The molecule has 1 nitrogen and oxygen atoms in total. The van der Waals surface area contributed by atoms with Crippen molar-refractivity contribution in [3.63, 3.8) is 0 Å². The molecule has 5 aromatic carbocycles. The van der Waals surface area contributed by atoms with Gasteiger partial charge in [0.1, 0.15) is 23.3 Å². The van der Waals surface area contributed by atoms with E-state index in [0.29, 0.717) is 22.3 Å². The molecule has 228 valence electrons. The van der Waals surface area contributed by atoms with Crippen LogP contribution in [0.15, 0.2) is 133 Å². The monoisotopic (exact) mass is 621 g/mol. The molecule has 0 bridgehead atoms. The first-order valence-corrected chi connectivity index (χ1v) is 15.2. The summed E-state index contributed by atoms with van der Waals surface area (Å²) in [5.41, 5.74) is 8.99. The largest absolute Gasteiger partial charge is 0.248 e. The Morgan fingerprint density at radius 1 is 0.532 bits per heavy atom. The van der Waals surface area contributed by atoms with Crippen molar-refractivity contribution in [1.29, 1.82) is 0 Å². The normalized spacial score (nSPS) is 12.9. The summed E-state index contributed by atoms with van der Waals surface area (Å²) in [6.45, 7) is 0. The summed E-state index contributed by atoms with van der Waals surface area (Å²) in [5.74, 6) is -2.36. The Kier molecular flexibility index (Phi) is 8.20. The zero-order valence-electron chi connectivity index (χ0n) is 25.1. The molecule has 47 heavy (non-hydrogen) atoms. The summed E-state index contributed by atoms with van der Waals surface area (Å²) in [5, 5.41) is 0.868. The van der Waals surface area contributed by atoms with Crippen LogP contribution >= 0.6 is 0 Å². The zero-order chi connectivity index (χ0) is 32.3.